The lowest BCUT2D eigenvalue weighted by Crippen LogP contribution is -2.43. The molecule has 1 amide bonds. The van der Waals surface area contributed by atoms with Crippen LogP contribution in [-0.4, -0.2) is 29.7 Å². The standard InChI is InChI=1S/C19H17F2N5O2/c1-10-5-11(7-22)8-24-16(10)17(27)25-12-3-4-14(20)13(6-12)19(2)15(21)9-28-18(23)26-19/h3-6,8,15H,9H2,1-2H3,(H2,23,26)(H,25,27)/t15-,19-/m1/s1. The third-order valence-corrected chi connectivity index (χ3v) is 4.52. The number of hydrogen-bond acceptors (Lipinski definition) is 6. The lowest BCUT2D eigenvalue weighted by molar-refractivity contribution is 0.0923. The van der Waals surface area contributed by atoms with Crippen LogP contribution in [0.5, 0.6) is 0 Å². The van der Waals surface area contributed by atoms with Crippen molar-refractivity contribution >= 4 is 17.6 Å². The van der Waals surface area contributed by atoms with Crippen LogP contribution in [0.25, 0.3) is 0 Å². The van der Waals surface area contributed by atoms with Crippen LogP contribution in [0.2, 0.25) is 0 Å². The Balaban J connectivity index is 1.93. The van der Waals surface area contributed by atoms with E-state index in [1.54, 1.807) is 6.92 Å². The molecule has 3 N–H and O–H groups in total. The number of anilines is 1. The van der Waals surface area contributed by atoms with Crippen LogP contribution in [0.15, 0.2) is 35.5 Å². The van der Waals surface area contributed by atoms with Crippen molar-refractivity contribution < 1.29 is 18.3 Å². The summed E-state index contributed by atoms with van der Waals surface area (Å²) in [4.78, 5) is 20.4. The number of amides is 1. The van der Waals surface area contributed by atoms with Crippen molar-refractivity contribution in [2.75, 3.05) is 11.9 Å². The summed E-state index contributed by atoms with van der Waals surface area (Å²) in [5.41, 5.74) is 5.08. The molecule has 0 saturated heterocycles. The largest absolute Gasteiger partial charge is 0.462 e. The number of nitrogens with one attached hydrogen (secondary N) is 1. The molecule has 2 atom stereocenters. The van der Waals surface area contributed by atoms with E-state index in [0.717, 1.165) is 6.07 Å². The number of ether oxygens (including phenoxy) is 1. The minimum Gasteiger partial charge on any atom is -0.462 e. The molecule has 0 fully saturated rings. The van der Waals surface area contributed by atoms with Crippen LogP contribution in [-0.2, 0) is 10.3 Å². The summed E-state index contributed by atoms with van der Waals surface area (Å²) in [5.74, 6) is -1.23. The van der Waals surface area contributed by atoms with Crippen LogP contribution < -0.4 is 11.1 Å². The van der Waals surface area contributed by atoms with Gasteiger partial charge in [-0.15, -0.1) is 0 Å². The van der Waals surface area contributed by atoms with Gasteiger partial charge in [0.05, 0.1) is 5.56 Å². The van der Waals surface area contributed by atoms with E-state index in [2.05, 4.69) is 15.3 Å². The monoisotopic (exact) mass is 385 g/mol. The van der Waals surface area contributed by atoms with Gasteiger partial charge in [-0.2, -0.15) is 5.26 Å². The van der Waals surface area contributed by atoms with E-state index in [0.29, 0.717) is 11.1 Å². The van der Waals surface area contributed by atoms with Crippen molar-refractivity contribution in [3.8, 4) is 6.07 Å². The summed E-state index contributed by atoms with van der Waals surface area (Å²) >= 11 is 0. The van der Waals surface area contributed by atoms with E-state index >= 15 is 0 Å². The van der Waals surface area contributed by atoms with Crippen LogP contribution >= 0.6 is 0 Å². The van der Waals surface area contributed by atoms with Gasteiger partial charge in [0.25, 0.3) is 11.9 Å². The first kappa shape index (κ1) is 19.2. The van der Waals surface area contributed by atoms with E-state index < -0.39 is 23.4 Å². The van der Waals surface area contributed by atoms with Crippen molar-refractivity contribution in [2.45, 2.75) is 25.6 Å². The number of aromatic nitrogens is 1. The first-order valence-corrected chi connectivity index (χ1v) is 8.35. The van der Waals surface area contributed by atoms with Crippen LogP contribution in [0.1, 0.15) is 34.1 Å². The Morgan fingerprint density at radius 3 is 2.89 bits per heavy atom. The lowest BCUT2D eigenvalue weighted by atomic mass is 9.86. The molecule has 0 aliphatic carbocycles. The molecule has 1 aromatic carbocycles. The van der Waals surface area contributed by atoms with Gasteiger partial charge in [-0.25, -0.2) is 18.8 Å². The zero-order valence-electron chi connectivity index (χ0n) is 15.2. The van der Waals surface area contributed by atoms with Gasteiger partial charge >= 0.3 is 0 Å². The third-order valence-electron chi connectivity index (χ3n) is 4.52. The number of carbonyl (C=O) groups is 1. The molecule has 144 valence electrons. The fourth-order valence-corrected chi connectivity index (χ4v) is 2.94. The number of nitriles is 1. The number of aryl methyl sites for hydroxylation is 1. The average Bonchev–Trinajstić information content (AvgIpc) is 2.66. The zero-order chi connectivity index (χ0) is 20.5. The summed E-state index contributed by atoms with van der Waals surface area (Å²) in [5, 5.41) is 11.5. The predicted octanol–water partition coefficient (Wildman–Crippen LogP) is 2.55. The summed E-state index contributed by atoms with van der Waals surface area (Å²) < 4.78 is 33.8. The Morgan fingerprint density at radius 1 is 1.46 bits per heavy atom. The van der Waals surface area contributed by atoms with E-state index in [-0.39, 0.29) is 29.6 Å². The highest BCUT2D eigenvalue weighted by atomic mass is 19.1. The number of amidine groups is 1. The molecule has 3 rings (SSSR count). The summed E-state index contributed by atoms with van der Waals surface area (Å²) in [6, 6.07) is 7.01. The smallest absolute Gasteiger partial charge is 0.283 e. The van der Waals surface area contributed by atoms with Gasteiger partial charge < -0.3 is 15.8 Å². The number of nitrogens with zero attached hydrogens (tertiary/aromatic N) is 3. The van der Waals surface area contributed by atoms with Gasteiger partial charge in [-0.1, -0.05) is 0 Å². The molecule has 28 heavy (non-hydrogen) atoms. The topological polar surface area (TPSA) is 113 Å². The van der Waals surface area contributed by atoms with Crippen LogP contribution in [0.3, 0.4) is 0 Å². The van der Waals surface area contributed by atoms with E-state index in [1.807, 2.05) is 6.07 Å². The highest BCUT2D eigenvalue weighted by Crippen LogP contribution is 2.37. The zero-order valence-corrected chi connectivity index (χ0v) is 15.2. The van der Waals surface area contributed by atoms with E-state index in [9.17, 15) is 13.6 Å². The SMILES string of the molecule is Cc1cc(C#N)cnc1C(=O)Nc1ccc(F)c([C@@]2(C)N=C(N)OC[C@H]2F)c1. The number of hydrogen-bond donors (Lipinski definition) is 2. The number of aliphatic imine (C=N–C) groups is 1. The van der Waals surface area contributed by atoms with Gasteiger partial charge in [0.1, 0.15) is 29.7 Å². The molecule has 9 heteroatoms. The van der Waals surface area contributed by atoms with Crippen LogP contribution in [0.4, 0.5) is 14.5 Å². The van der Waals surface area contributed by atoms with Crippen LogP contribution in [0, 0.1) is 24.1 Å². The van der Waals surface area contributed by atoms with Crippen molar-refractivity contribution in [3.05, 3.63) is 58.7 Å². The normalized spacial score (nSPS) is 21.2. The second kappa shape index (κ2) is 7.23. The second-order valence-electron chi connectivity index (χ2n) is 6.53. The van der Waals surface area contributed by atoms with E-state index in [1.165, 1.54) is 31.3 Å². The molecule has 0 unspecified atom stereocenters. The average molecular weight is 385 g/mol. The molecular formula is C19H17F2N5O2. The number of alkyl halides is 1. The molecule has 0 spiro atoms. The van der Waals surface area contributed by atoms with Gasteiger partial charge in [0.15, 0.2) is 6.17 Å². The molecule has 0 radical (unpaired) electrons. The highest BCUT2D eigenvalue weighted by Gasteiger charge is 2.42. The van der Waals surface area contributed by atoms with Gasteiger partial charge in [0.2, 0.25) is 0 Å². The number of carbonyl (C=O) groups excluding carboxylic acids is 1. The fraction of sp³-hybridized carbons (Fsp3) is 0.263. The Labute approximate surface area is 159 Å². The maximum absolute atomic E-state index is 14.5. The Morgan fingerprint density at radius 2 is 2.21 bits per heavy atom. The molecule has 7 nitrogen and oxygen atoms in total. The Bertz CT molecular complexity index is 1020. The quantitative estimate of drug-likeness (QED) is 0.843. The van der Waals surface area contributed by atoms with Crippen molar-refractivity contribution in [1.82, 2.24) is 4.98 Å². The molecule has 0 bridgehead atoms. The number of nitrogens with two attached hydrogens (primary N) is 1. The molecule has 1 aliphatic rings. The van der Waals surface area contributed by atoms with Crippen molar-refractivity contribution in [3.63, 3.8) is 0 Å². The fourth-order valence-electron chi connectivity index (χ4n) is 2.94. The van der Waals surface area contributed by atoms with E-state index in [4.69, 9.17) is 15.7 Å². The molecule has 2 heterocycles. The number of benzene rings is 1. The highest BCUT2D eigenvalue weighted by molar-refractivity contribution is 6.03. The first-order valence-electron chi connectivity index (χ1n) is 8.35. The maximum Gasteiger partial charge on any atom is 0.283 e. The van der Waals surface area contributed by atoms with Gasteiger partial charge in [-0.3, -0.25) is 4.79 Å². The lowest BCUT2D eigenvalue weighted by Gasteiger charge is -2.33. The minimum absolute atomic E-state index is 0.0615. The molecule has 0 saturated carbocycles. The summed E-state index contributed by atoms with van der Waals surface area (Å²) in [7, 11) is 0. The number of halogens is 2. The summed E-state index contributed by atoms with van der Waals surface area (Å²) in [6.07, 6.45) is -0.339. The van der Waals surface area contributed by atoms with Gasteiger partial charge in [-0.05, 0) is 43.7 Å². The minimum atomic E-state index is -1.62. The molecule has 1 aliphatic heterocycles. The number of pyridine rings is 1. The predicted molar refractivity (Wildman–Crippen MR) is 97.9 cm³/mol. The third kappa shape index (κ3) is 3.49. The maximum atomic E-state index is 14.5. The van der Waals surface area contributed by atoms with Crippen molar-refractivity contribution in [1.29, 1.82) is 5.26 Å². The Hall–Kier alpha value is -3.54. The molecule has 2 aromatic rings. The summed E-state index contributed by atoms with van der Waals surface area (Å²) in [6.45, 7) is 2.70. The molecular weight excluding hydrogens is 368 g/mol. The first-order chi connectivity index (χ1) is 13.2. The van der Waals surface area contributed by atoms with Crippen molar-refractivity contribution in [2.24, 2.45) is 10.7 Å². The second-order valence-corrected chi connectivity index (χ2v) is 6.53. The van der Waals surface area contributed by atoms with Gasteiger partial charge in [0, 0.05) is 17.4 Å². The Kier molecular flexibility index (Phi) is 4.96. The number of rotatable bonds is 3. The molecule has 1 aromatic heterocycles.